The predicted molar refractivity (Wildman–Crippen MR) is 66.8 cm³/mol. The number of nitrogens with two attached hydrogens (primary N) is 1. The molecular weight excluding hydrogens is 236 g/mol. The lowest BCUT2D eigenvalue weighted by Crippen LogP contribution is -2.29. The van der Waals surface area contributed by atoms with Crippen LogP contribution in [0.2, 0.25) is 0 Å². The fraction of sp³-hybridized carbons (Fsp3) is 0.273. The van der Waals surface area contributed by atoms with Gasteiger partial charge in [0.25, 0.3) is 0 Å². The normalized spacial score (nSPS) is 12.4. The number of nitrogens with one attached hydrogen (secondary N) is 1. The summed E-state index contributed by atoms with van der Waals surface area (Å²) in [5.41, 5.74) is 5.76. The summed E-state index contributed by atoms with van der Waals surface area (Å²) in [6, 6.07) is 5.73. The Balaban J connectivity index is 2.38. The predicted octanol–water partition coefficient (Wildman–Crippen LogP) is 1.41. The molecule has 2 aromatic rings. The average molecular weight is 250 g/mol. The summed E-state index contributed by atoms with van der Waals surface area (Å²) in [5.74, 6) is 6.42. The summed E-state index contributed by atoms with van der Waals surface area (Å²) in [4.78, 5) is 0. The second-order valence-corrected chi connectivity index (χ2v) is 4.26. The first-order chi connectivity index (χ1) is 8.26. The minimum Gasteiger partial charge on any atom is -0.497 e. The molecule has 0 aliphatic rings. The third-order valence-electron chi connectivity index (χ3n) is 2.63. The van der Waals surface area contributed by atoms with Gasteiger partial charge in [0.15, 0.2) is 0 Å². The lowest BCUT2D eigenvalue weighted by atomic mass is 9.99. The van der Waals surface area contributed by atoms with Crippen LogP contribution in [-0.4, -0.2) is 16.7 Å². The van der Waals surface area contributed by atoms with Gasteiger partial charge in [-0.25, -0.2) is 5.43 Å². The van der Waals surface area contributed by atoms with Crippen molar-refractivity contribution in [1.29, 1.82) is 0 Å². The molecule has 0 radical (unpaired) electrons. The minimum atomic E-state index is -0.139. The van der Waals surface area contributed by atoms with E-state index in [9.17, 15) is 0 Å². The largest absolute Gasteiger partial charge is 0.497 e. The number of aryl methyl sites for hydroxylation is 1. The molecule has 1 aromatic heterocycles. The Bertz CT molecular complexity index is 486. The molecule has 0 aliphatic carbocycles. The highest BCUT2D eigenvalue weighted by Gasteiger charge is 2.17. The molecule has 0 saturated heterocycles. The van der Waals surface area contributed by atoms with Crippen LogP contribution in [0.1, 0.15) is 22.9 Å². The van der Waals surface area contributed by atoms with Crippen molar-refractivity contribution in [3.05, 3.63) is 40.4 Å². The lowest BCUT2D eigenvalue weighted by Gasteiger charge is -2.16. The maximum atomic E-state index is 5.59. The van der Waals surface area contributed by atoms with Crippen LogP contribution in [0.4, 0.5) is 0 Å². The molecule has 17 heavy (non-hydrogen) atoms. The fourth-order valence-electron chi connectivity index (χ4n) is 1.73. The Morgan fingerprint density at radius 1 is 1.47 bits per heavy atom. The SMILES string of the molecule is COc1ccc(C(NN)c2csnn2)c(C)c1. The zero-order chi connectivity index (χ0) is 12.3. The van der Waals surface area contributed by atoms with Crippen molar-refractivity contribution in [3.8, 4) is 5.75 Å². The molecule has 1 heterocycles. The average Bonchev–Trinajstić information content (AvgIpc) is 2.85. The molecule has 0 bridgehead atoms. The summed E-state index contributed by atoms with van der Waals surface area (Å²) in [5, 5.41) is 5.93. The summed E-state index contributed by atoms with van der Waals surface area (Å²) in [6.45, 7) is 2.02. The molecule has 2 rings (SSSR count). The smallest absolute Gasteiger partial charge is 0.119 e. The van der Waals surface area contributed by atoms with Gasteiger partial charge in [-0.1, -0.05) is 10.6 Å². The first-order valence-corrected chi connectivity index (χ1v) is 5.97. The van der Waals surface area contributed by atoms with Gasteiger partial charge >= 0.3 is 0 Å². The Morgan fingerprint density at radius 2 is 2.29 bits per heavy atom. The molecule has 0 aliphatic heterocycles. The van der Waals surface area contributed by atoms with Gasteiger partial charge in [-0.05, 0) is 41.7 Å². The van der Waals surface area contributed by atoms with E-state index in [4.69, 9.17) is 10.6 Å². The van der Waals surface area contributed by atoms with E-state index in [0.29, 0.717) is 0 Å². The van der Waals surface area contributed by atoms with Gasteiger partial charge in [0.05, 0.1) is 18.8 Å². The monoisotopic (exact) mass is 250 g/mol. The zero-order valence-corrected chi connectivity index (χ0v) is 10.5. The molecule has 0 fully saturated rings. The van der Waals surface area contributed by atoms with Gasteiger partial charge in [0, 0.05) is 5.38 Å². The van der Waals surface area contributed by atoms with Gasteiger partial charge in [-0.2, -0.15) is 0 Å². The highest BCUT2D eigenvalue weighted by molar-refractivity contribution is 7.03. The van der Waals surface area contributed by atoms with E-state index < -0.39 is 0 Å². The molecule has 1 aromatic carbocycles. The van der Waals surface area contributed by atoms with Crippen molar-refractivity contribution in [2.24, 2.45) is 5.84 Å². The van der Waals surface area contributed by atoms with Gasteiger partial charge in [-0.3, -0.25) is 5.84 Å². The summed E-state index contributed by atoms with van der Waals surface area (Å²) in [6.07, 6.45) is 0. The number of nitrogens with zero attached hydrogens (tertiary/aromatic N) is 2. The maximum absolute atomic E-state index is 5.59. The Kier molecular flexibility index (Phi) is 3.68. The van der Waals surface area contributed by atoms with Gasteiger partial charge < -0.3 is 4.74 Å². The number of hydrogen-bond donors (Lipinski definition) is 2. The molecule has 0 saturated carbocycles. The molecular formula is C11H14N4OS. The van der Waals surface area contributed by atoms with E-state index >= 15 is 0 Å². The Hall–Kier alpha value is -1.50. The topological polar surface area (TPSA) is 73.1 Å². The summed E-state index contributed by atoms with van der Waals surface area (Å²) in [7, 11) is 1.65. The number of rotatable bonds is 4. The number of hydrazine groups is 1. The maximum Gasteiger partial charge on any atom is 0.119 e. The second kappa shape index (κ2) is 5.22. The van der Waals surface area contributed by atoms with Crippen molar-refractivity contribution in [3.63, 3.8) is 0 Å². The van der Waals surface area contributed by atoms with Crippen molar-refractivity contribution >= 4 is 11.5 Å². The molecule has 6 heteroatoms. The third-order valence-corrected chi connectivity index (χ3v) is 3.15. The van der Waals surface area contributed by atoms with Crippen molar-refractivity contribution in [2.75, 3.05) is 7.11 Å². The Labute approximate surface area is 104 Å². The molecule has 0 amide bonds. The van der Waals surface area contributed by atoms with Gasteiger partial charge in [-0.15, -0.1) is 5.10 Å². The summed E-state index contributed by atoms with van der Waals surface area (Å²) < 4.78 is 9.03. The van der Waals surface area contributed by atoms with Crippen LogP contribution < -0.4 is 16.0 Å². The zero-order valence-electron chi connectivity index (χ0n) is 9.68. The highest BCUT2D eigenvalue weighted by atomic mass is 32.1. The minimum absolute atomic E-state index is 0.139. The van der Waals surface area contributed by atoms with Crippen LogP contribution >= 0.6 is 11.5 Å². The second-order valence-electron chi connectivity index (χ2n) is 3.65. The van der Waals surface area contributed by atoms with E-state index in [0.717, 1.165) is 22.6 Å². The van der Waals surface area contributed by atoms with E-state index in [1.165, 1.54) is 11.5 Å². The molecule has 0 spiro atoms. The van der Waals surface area contributed by atoms with Crippen molar-refractivity contribution < 1.29 is 4.74 Å². The van der Waals surface area contributed by atoms with Crippen LogP contribution in [0.25, 0.3) is 0 Å². The highest BCUT2D eigenvalue weighted by Crippen LogP contribution is 2.26. The van der Waals surface area contributed by atoms with Crippen LogP contribution in [0, 0.1) is 6.92 Å². The standard InChI is InChI=1S/C11H14N4OS/c1-7-5-8(16-2)3-4-9(7)11(13-12)10-6-17-15-14-10/h3-6,11,13H,12H2,1-2H3. The summed E-state index contributed by atoms with van der Waals surface area (Å²) >= 11 is 1.31. The Morgan fingerprint density at radius 3 is 2.82 bits per heavy atom. The van der Waals surface area contributed by atoms with Crippen LogP contribution in [0.15, 0.2) is 23.6 Å². The van der Waals surface area contributed by atoms with E-state index in [-0.39, 0.29) is 6.04 Å². The van der Waals surface area contributed by atoms with E-state index in [2.05, 4.69) is 15.0 Å². The number of benzene rings is 1. The lowest BCUT2D eigenvalue weighted by molar-refractivity contribution is 0.414. The van der Waals surface area contributed by atoms with Gasteiger partial charge in [0.1, 0.15) is 5.75 Å². The number of aromatic nitrogens is 2. The molecule has 1 atom stereocenters. The van der Waals surface area contributed by atoms with Crippen LogP contribution in [-0.2, 0) is 0 Å². The number of ether oxygens (including phenoxy) is 1. The quantitative estimate of drug-likeness (QED) is 0.634. The van der Waals surface area contributed by atoms with E-state index in [1.54, 1.807) is 7.11 Å². The number of hydrogen-bond acceptors (Lipinski definition) is 6. The van der Waals surface area contributed by atoms with Crippen LogP contribution in [0.3, 0.4) is 0 Å². The van der Waals surface area contributed by atoms with Crippen molar-refractivity contribution in [2.45, 2.75) is 13.0 Å². The number of methoxy groups -OCH3 is 1. The molecule has 3 N–H and O–H groups in total. The molecule has 1 unspecified atom stereocenters. The first kappa shape index (κ1) is 12.0. The van der Waals surface area contributed by atoms with Crippen LogP contribution in [0.5, 0.6) is 5.75 Å². The first-order valence-electron chi connectivity index (χ1n) is 5.14. The molecule has 90 valence electrons. The third kappa shape index (κ3) is 2.44. The molecule has 5 nitrogen and oxygen atoms in total. The van der Waals surface area contributed by atoms with Gasteiger partial charge in [0.2, 0.25) is 0 Å². The van der Waals surface area contributed by atoms with E-state index in [1.807, 2.05) is 30.5 Å². The fourth-order valence-corrected chi connectivity index (χ4v) is 2.21. The van der Waals surface area contributed by atoms with Crippen molar-refractivity contribution in [1.82, 2.24) is 15.0 Å².